The Morgan fingerprint density at radius 2 is 2.39 bits per heavy atom. The highest BCUT2D eigenvalue weighted by atomic mass is 16.5. The highest BCUT2D eigenvalue weighted by Gasteiger charge is 2.72. The minimum Gasteiger partial charge on any atom is -0.493 e. The van der Waals surface area contributed by atoms with Crippen LogP contribution in [0.15, 0.2) is 12.1 Å². The molecule has 5 heteroatoms. The molecule has 4 aliphatic rings. The van der Waals surface area contributed by atoms with Crippen LogP contribution in [-0.2, 0) is 16.6 Å². The first-order valence-corrected chi connectivity index (χ1v) is 7.88. The summed E-state index contributed by atoms with van der Waals surface area (Å²) < 4.78 is 51.7. The van der Waals surface area contributed by atoms with Crippen LogP contribution in [0.3, 0.4) is 0 Å². The highest BCUT2D eigenvalue weighted by molar-refractivity contribution is 5.90. The molecule has 5 rings (SSSR count). The predicted octanol–water partition coefficient (Wildman–Crippen LogP) is 1.05. The molecule has 1 aromatic rings. The van der Waals surface area contributed by atoms with E-state index in [1.54, 1.807) is 6.07 Å². The third kappa shape index (κ3) is 1.32. The fraction of sp³-hybridized carbons (Fsp3) is 0.611. The molecule has 23 heavy (non-hydrogen) atoms. The van der Waals surface area contributed by atoms with Gasteiger partial charge in [-0.05, 0) is 44.4 Å². The van der Waals surface area contributed by atoms with Crippen molar-refractivity contribution in [3.05, 3.63) is 23.3 Å². The second-order valence-electron chi connectivity index (χ2n) is 6.91. The van der Waals surface area contributed by atoms with Crippen LogP contribution in [0.5, 0.6) is 11.5 Å². The minimum absolute atomic E-state index is 0.162. The lowest BCUT2D eigenvalue weighted by Gasteiger charge is -2.62. The summed E-state index contributed by atoms with van der Waals surface area (Å²) in [4.78, 5) is 14.3. The van der Waals surface area contributed by atoms with Crippen molar-refractivity contribution in [3.8, 4) is 11.5 Å². The highest BCUT2D eigenvalue weighted by Crippen LogP contribution is 2.64. The molecule has 1 aromatic carbocycles. The molecule has 2 bridgehead atoms. The van der Waals surface area contributed by atoms with Gasteiger partial charge in [0.2, 0.25) is 0 Å². The number of Topliss-reactive ketones (excluding diaryl/α,β-unsaturated/α-hetero) is 1. The average Bonchev–Trinajstić information content (AvgIpc) is 2.92. The Balaban J connectivity index is 1.82. The van der Waals surface area contributed by atoms with E-state index in [9.17, 15) is 9.90 Å². The van der Waals surface area contributed by atoms with E-state index < -0.39 is 48.7 Å². The first-order valence-electron chi connectivity index (χ1n) is 10.4. The van der Waals surface area contributed by atoms with Crippen molar-refractivity contribution in [2.75, 3.05) is 20.6 Å². The van der Waals surface area contributed by atoms with Crippen molar-refractivity contribution in [2.24, 2.45) is 0 Å². The second-order valence-corrected chi connectivity index (χ2v) is 6.91. The maximum Gasteiger partial charge on any atom is 0.174 e. The van der Waals surface area contributed by atoms with Gasteiger partial charge in [-0.25, -0.2) is 0 Å². The lowest BCUT2D eigenvalue weighted by Crippen LogP contribution is -2.76. The zero-order chi connectivity index (χ0) is 20.3. The van der Waals surface area contributed by atoms with Crippen LogP contribution in [0.1, 0.15) is 37.2 Å². The molecular formula is C18H21NO4. The van der Waals surface area contributed by atoms with Crippen LogP contribution in [0.2, 0.25) is 0 Å². The number of nitrogens with zero attached hydrogens (tertiary/aromatic N) is 1. The van der Waals surface area contributed by atoms with Gasteiger partial charge >= 0.3 is 0 Å². The van der Waals surface area contributed by atoms with Crippen LogP contribution >= 0.6 is 0 Å². The van der Waals surface area contributed by atoms with Gasteiger partial charge in [-0.1, -0.05) is 6.07 Å². The van der Waals surface area contributed by atoms with Gasteiger partial charge in [0, 0.05) is 24.8 Å². The molecule has 0 amide bonds. The number of methoxy groups -OCH3 is 1. The van der Waals surface area contributed by atoms with Gasteiger partial charge in [0.1, 0.15) is 0 Å². The van der Waals surface area contributed by atoms with E-state index in [4.69, 9.17) is 16.3 Å². The van der Waals surface area contributed by atoms with Crippen molar-refractivity contribution < 1.29 is 26.2 Å². The zero-order valence-electron chi connectivity index (χ0n) is 17.8. The van der Waals surface area contributed by atoms with Gasteiger partial charge in [0.15, 0.2) is 23.4 Å². The molecule has 2 heterocycles. The zero-order valence-corrected chi connectivity index (χ0v) is 12.8. The number of hydrogen-bond acceptors (Lipinski definition) is 5. The van der Waals surface area contributed by atoms with Crippen LogP contribution in [0, 0.1) is 0 Å². The number of rotatable bonds is 1. The Kier molecular flexibility index (Phi) is 1.71. The van der Waals surface area contributed by atoms with Crippen molar-refractivity contribution in [3.63, 3.8) is 0 Å². The molecule has 1 saturated carbocycles. The fourth-order valence-corrected chi connectivity index (χ4v) is 5.17. The van der Waals surface area contributed by atoms with Crippen molar-refractivity contribution in [1.29, 1.82) is 0 Å². The number of carbonyl (C=O) groups excluding carboxylic acids is 1. The van der Waals surface area contributed by atoms with Crippen LogP contribution in [0.4, 0.5) is 0 Å². The Morgan fingerprint density at radius 3 is 3.17 bits per heavy atom. The third-order valence-electron chi connectivity index (χ3n) is 6.19. The van der Waals surface area contributed by atoms with E-state index in [1.165, 1.54) is 12.0 Å². The van der Waals surface area contributed by atoms with E-state index in [2.05, 4.69) is 0 Å². The summed E-state index contributed by atoms with van der Waals surface area (Å²) in [6.07, 6.45) is -3.54. The molecule has 0 radical (unpaired) electrons. The molecule has 2 aliphatic carbocycles. The van der Waals surface area contributed by atoms with Gasteiger partial charge in [-0.3, -0.25) is 4.79 Å². The number of aliphatic hydroxyl groups is 1. The summed E-state index contributed by atoms with van der Waals surface area (Å²) in [7, 11) is 1.48. The number of hydrogen-bond donors (Lipinski definition) is 1. The van der Waals surface area contributed by atoms with Gasteiger partial charge < -0.3 is 19.5 Å². The number of benzene rings is 1. The number of piperidine rings is 1. The van der Waals surface area contributed by atoms with Crippen LogP contribution in [-0.4, -0.2) is 54.2 Å². The summed E-state index contributed by atoms with van der Waals surface area (Å²) >= 11 is 0. The van der Waals surface area contributed by atoms with E-state index >= 15 is 0 Å². The number of ketones is 1. The average molecular weight is 320 g/mol. The monoisotopic (exact) mass is 320 g/mol. The molecule has 122 valence electrons. The molecule has 1 N–H and O–H groups in total. The smallest absolute Gasteiger partial charge is 0.174 e. The maximum absolute atomic E-state index is 13.0. The summed E-state index contributed by atoms with van der Waals surface area (Å²) in [5.74, 6) is 0.0922. The van der Waals surface area contributed by atoms with Crippen molar-refractivity contribution >= 4 is 5.78 Å². The summed E-state index contributed by atoms with van der Waals surface area (Å²) in [5.41, 5.74) is -1.41. The van der Waals surface area contributed by atoms with Crippen molar-refractivity contribution in [2.45, 2.75) is 48.8 Å². The minimum atomic E-state index is -2.43. The van der Waals surface area contributed by atoms with Gasteiger partial charge in [-0.2, -0.15) is 0 Å². The van der Waals surface area contributed by atoms with E-state index in [0.29, 0.717) is 17.1 Å². The molecule has 4 atom stereocenters. The molecule has 0 aromatic heterocycles. The van der Waals surface area contributed by atoms with Gasteiger partial charge in [0.25, 0.3) is 0 Å². The fourth-order valence-electron chi connectivity index (χ4n) is 5.17. The molecule has 1 saturated heterocycles. The first kappa shape index (κ1) is 9.64. The van der Waals surface area contributed by atoms with E-state index in [0.717, 1.165) is 5.56 Å². The SMILES string of the molecule is [2H]C1([2H])C[C@@]2(O)[C@H]3Cc4ccc(OC)c5c4[C@@]2(CCN3C([2H])([2H])[2H])C(O5)C1=O. The quantitative estimate of drug-likeness (QED) is 0.838. The molecule has 2 fully saturated rings. The molecule has 1 unspecified atom stereocenters. The van der Waals surface area contributed by atoms with Crippen molar-refractivity contribution in [1.82, 2.24) is 4.90 Å². The summed E-state index contributed by atoms with van der Waals surface area (Å²) in [5, 5.41) is 12.0. The first-order chi connectivity index (χ1) is 13.0. The molecule has 2 aliphatic heterocycles. The number of likely N-dealkylation sites (N-methyl/N-ethyl adjacent to an activating group) is 1. The Labute approximate surface area is 142 Å². The Bertz CT molecular complexity index is 903. The Morgan fingerprint density at radius 1 is 1.52 bits per heavy atom. The largest absolute Gasteiger partial charge is 0.493 e. The Hall–Kier alpha value is -1.59. The lowest BCUT2D eigenvalue weighted by molar-refractivity contribution is -0.185. The normalized spacial score (nSPS) is 46.5. The third-order valence-corrected chi connectivity index (χ3v) is 6.19. The van der Waals surface area contributed by atoms with Gasteiger partial charge in [0.05, 0.1) is 18.1 Å². The summed E-state index contributed by atoms with van der Waals surface area (Å²) in [6.45, 7) is -2.27. The standard InChI is InChI=1S/C18H21NO4/c1-19-8-7-17-14-10-3-4-12(22-2)15(14)23-16(17)11(20)5-6-18(17,21)13(19)9-10/h3-4,13,16,21H,5-9H2,1-2H3/t13-,16?,17+,18-/m1/s1/i1D3,5D2. The number of likely N-dealkylation sites (tertiary alicyclic amines) is 1. The predicted molar refractivity (Wildman–Crippen MR) is 83.0 cm³/mol. The lowest BCUT2D eigenvalue weighted by atomic mass is 9.49. The molecule has 5 nitrogen and oxygen atoms in total. The topological polar surface area (TPSA) is 59.0 Å². The van der Waals surface area contributed by atoms with E-state index in [1.807, 2.05) is 6.07 Å². The van der Waals surface area contributed by atoms with Crippen LogP contribution in [0.25, 0.3) is 0 Å². The molecular weight excluding hydrogens is 294 g/mol. The number of ether oxygens (including phenoxy) is 2. The molecule has 1 spiro atoms. The maximum atomic E-state index is 13.0. The van der Waals surface area contributed by atoms with Crippen LogP contribution < -0.4 is 9.47 Å². The van der Waals surface area contributed by atoms with Gasteiger partial charge in [-0.15, -0.1) is 0 Å². The van der Waals surface area contributed by atoms with E-state index in [-0.39, 0.29) is 19.4 Å². The summed E-state index contributed by atoms with van der Waals surface area (Å²) in [6, 6.07) is 2.70. The number of carbonyl (C=O) groups is 1. The second kappa shape index (κ2) is 4.08.